The first-order valence-electron chi connectivity index (χ1n) is 4.97. The Hall–Kier alpha value is -1.11. The third-order valence-corrected chi connectivity index (χ3v) is 2.40. The van der Waals surface area contributed by atoms with Crippen LogP contribution in [0, 0.1) is 5.82 Å². The van der Waals surface area contributed by atoms with Gasteiger partial charge in [-0.15, -0.1) is 12.6 Å². The van der Waals surface area contributed by atoms with Crippen LogP contribution in [0.2, 0.25) is 0 Å². The Balaban J connectivity index is 2.78. The van der Waals surface area contributed by atoms with E-state index in [0.29, 0.717) is 4.90 Å². The van der Waals surface area contributed by atoms with Gasteiger partial charge in [-0.3, -0.25) is 4.79 Å². The minimum absolute atomic E-state index is 0.105. The Morgan fingerprint density at radius 3 is 2.94 bits per heavy atom. The zero-order valence-corrected chi connectivity index (χ0v) is 10.2. The van der Waals surface area contributed by atoms with Crippen molar-refractivity contribution in [2.75, 3.05) is 20.3 Å². The fraction of sp³-hybridized carbons (Fsp3) is 0.364. The maximum atomic E-state index is 13.4. The van der Waals surface area contributed by atoms with E-state index in [9.17, 15) is 9.18 Å². The van der Waals surface area contributed by atoms with Gasteiger partial charge in [0.2, 0.25) is 0 Å². The summed E-state index contributed by atoms with van der Waals surface area (Å²) in [5, 5.41) is 11.4. The van der Waals surface area contributed by atoms with Crippen LogP contribution in [0.25, 0.3) is 0 Å². The first-order chi connectivity index (χ1) is 8.08. The summed E-state index contributed by atoms with van der Waals surface area (Å²) in [6, 6.07) is 3.39. The number of halogens is 1. The highest BCUT2D eigenvalue weighted by Crippen LogP contribution is 2.13. The van der Waals surface area contributed by atoms with Gasteiger partial charge in [0.05, 0.1) is 24.8 Å². The van der Waals surface area contributed by atoms with Gasteiger partial charge in [0.1, 0.15) is 5.82 Å². The summed E-state index contributed by atoms with van der Waals surface area (Å²) in [6.07, 6.45) is 0. The van der Waals surface area contributed by atoms with Crippen LogP contribution in [0.4, 0.5) is 4.39 Å². The van der Waals surface area contributed by atoms with Crippen LogP contribution >= 0.6 is 12.6 Å². The van der Waals surface area contributed by atoms with Crippen molar-refractivity contribution in [1.82, 2.24) is 5.32 Å². The van der Waals surface area contributed by atoms with Crippen LogP contribution in [-0.4, -0.2) is 37.4 Å². The molecule has 0 aromatic heterocycles. The number of nitrogens with one attached hydrogen (secondary N) is 1. The molecule has 0 saturated carbocycles. The van der Waals surface area contributed by atoms with Gasteiger partial charge < -0.3 is 15.2 Å². The largest absolute Gasteiger partial charge is 0.394 e. The third kappa shape index (κ3) is 3.99. The molecule has 1 amide bonds. The molecule has 1 aromatic carbocycles. The van der Waals surface area contributed by atoms with Gasteiger partial charge in [-0.2, -0.15) is 0 Å². The van der Waals surface area contributed by atoms with E-state index in [2.05, 4.69) is 17.9 Å². The standard InChI is InChI=1S/C11H14FNO3S/c1-16-6-7(5-14)13-11(15)9-4-8(17)2-3-10(9)12/h2-4,7,14,17H,5-6H2,1H3,(H,13,15). The second-order valence-electron chi connectivity index (χ2n) is 3.47. The van der Waals surface area contributed by atoms with Gasteiger partial charge in [-0.25, -0.2) is 4.39 Å². The SMILES string of the molecule is COCC(CO)NC(=O)c1cc(S)ccc1F. The number of hydrogen-bond donors (Lipinski definition) is 3. The van der Waals surface area contributed by atoms with Crippen molar-refractivity contribution in [2.45, 2.75) is 10.9 Å². The molecule has 1 aromatic rings. The zero-order valence-electron chi connectivity index (χ0n) is 9.31. The normalized spacial score (nSPS) is 12.2. The predicted octanol–water partition coefficient (Wildman–Crippen LogP) is 0.851. The van der Waals surface area contributed by atoms with Gasteiger partial charge in [0.15, 0.2) is 0 Å². The van der Waals surface area contributed by atoms with E-state index in [4.69, 9.17) is 9.84 Å². The monoisotopic (exact) mass is 259 g/mol. The number of aliphatic hydroxyl groups excluding tert-OH is 1. The first-order valence-corrected chi connectivity index (χ1v) is 5.42. The van der Waals surface area contributed by atoms with Crippen molar-refractivity contribution in [3.63, 3.8) is 0 Å². The second-order valence-corrected chi connectivity index (χ2v) is 3.99. The third-order valence-electron chi connectivity index (χ3n) is 2.12. The molecule has 6 heteroatoms. The van der Waals surface area contributed by atoms with Gasteiger partial charge in [-0.1, -0.05) is 0 Å². The summed E-state index contributed by atoms with van der Waals surface area (Å²) in [7, 11) is 1.45. The van der Waals surface area contributed by atoms with E-state index in [-0.39, 0.29) is 18.8 Å². The lowest BCUT2D eigenvalue weighted by Gasteiger charge is -2.15. The Labute approximate surface area is 104 Å². The molecule has 0 heterocycles. The number of hydrogen-bond acceptors (Lipinski definition) is 4. The van der Waals surface area contributed by atoms with Gasteiger partial charge in [0, 0.05) is 12.0 Å². The Morgan fingerprint density at radius 1 is 1.65 bits per heavy atom. The van der Waals surface area contributed by atoms with Gasteiger partial charge in [0.25, 0.3) is 5.91 Å². The predicted molar refractivity (Wildman–Crippen MR) is 63.9 cm³/mol. The molecule has 0 spiro atoms. The molecule has 1 rings (SSSR count). The lowest BCUT2D eigenvalue weighted by atomic mass is 10.2. The molecule has 0 radical (unpaired) electrons. The Bertz CT molecular complexity index is 400. The Kier molecular flexibility index (Phi) is 5.40. The van der Waals surface area contributed by atoms with Crippen molar-refractivity contribution >= 4 is 18.5 Å². The zero-order chi connectivity index (χ0) is 12.8. The summed E-state index contributed by atoms with van der Waals surface area (Å²) in [5.74, 6) is -1.23. The quantitative estimate of drug-likeness (QED) is 0.687. The second kappa shape index (κ2) is 6.58. The molecule has 94 valence electrons. The highest BCUT2D eigenvalue weighted by atomic mass is 32.1. The number of benzene rings is 1. The number of ether oxygens (including phenoxy) is 1. The number of methoxy groups -OCH3 is 1. The molecular formula is C11H14FNO3S. The summed E-state index contributed by atoms with van der Waals surface area (Å²) in [4.78, 5) is 12.2. The van der Waals surface area contributed by atoms with Crippen molar-refractivity contribution < 1.29 is 19.0 Å². The van der Waals surface area contributed by atoms with Crippen LogP contribution in [0.3, 0.4) is 0 Å². The van der Waals surface area contributed by atoms with Crippen LogP contribution < -0.4 is 5.32 Å². The summed E-state index contributed by atoms with van der Waals surface area (Å²) < 4.78 is 18.2. The molecule has 4 nitrogen and oxygen atoms in total. The van der Waals surface area contributed by atoms with Crippen molar-refractivity contribution in [3.05, 3.63) is 29.6 Å². The molecule has 0 bridgehead atoms. The molecular weight excluding hydrogens is 245 g/mol. The number of aliphatic hydroxyl groups is 1. The maximum absolute atomic E-state index is 13.4. The van der Waals surface area contributed by atoms with E-state index < -0.39 is 17.8 Å². The first kappa shape index (κ1) is 14.0. The fourth-order valence-electron chi connectivity index (χ4n) is 1.29. The summed E-state index contributed by atoms with van der Waals surface area (Å²) >= 11 is 4.03. The molecule has 1 atom stereocenters. The van der Waals surface area contributed by atoms with Crippen molar-refractivity contribution in [2.24, 2.45) is 0 Å². The number of carbonyl (C=O) groups excluding carboxylic acids is 1. The van der Waals surface area contributed by atoms with Gasteiger partial charge >= 0.3 is 0 Å². The van der Waals surface area contributed by atoms with Crippen LogP contribution in [-0.2, 0) is 4.74 Å². The van der Waals surface area contributed by atoms with Crippen LogP contribution in [0.15, 0.2) is 23.1 Å². The van der Waals surface area contributed by atoms with E-state index in [1.165, 1.54) is 25.3 Å². The minimum Gasteiger partial charge on any atom is -0.394 e. The van der Waals surface area contributed by atoms with E-state index in [1.54, 1.807) is 0 Å². The minimum atomic E-state index is -0.630. The smallest absolute Gasteiger partial charge is 0.254 e. The van der Waals surface area contributed by atoms with Gasteiger partial charge in [-0.05, 0) is 18.2 Å². The highest BCUT2D eigenvalue weighted by molar-refractivity contribution is 7.80. The van der Waals surface area contributed by atoms with Crippen LogP contribution in [0.5, 0.6) is 0 Å². The van der Waals surface area contributed by atoms with Crippen molar-refractivity contribution in [3.8, 4) is 0 Å². The molecule has 0 saturated heterocycles. The molecule has 0 fully saturated rings. The maximum Gasteiger partial charge on any atom is 0.254 e. The topological polar surface area (TPSA) is 58.6 Å². The summed E-state index contributed by atoms with van der Waals surface area (Å²) in [5.41, 5.74) is -0.105. The molecule has 0 aliphatic rings. The Morgan fingerprint density at radius 2 is 2.35 bits per heavy atom. The van der Waals surface area contributed by atoms with E-state index in [1.807, 2.05) is 0 Å². The molecule has 1 unspecified atom stereocenters. The lowest BCUT2D eigenvalue weighted by Crippen LogP contribution is -2.40. The molecule has 2 N–H and O–H groups in total. The fourth-order valence-corrected chi connectivity index (χ4v) is 1.50. The lowest BCUT2D eigenvalue weighted by molar-refractivity contribution is 0.0835. The number of rotatable bonds is 5. The highest BCUT2D eigenvalue weighted by Gasteiger charge is 2.16. The molecule has 0 aliphatic heterocycles. The van der Waals surface area contributed by atoms with E-state index >= 15 is 0 Å². The van der Waals surface area contributed by atoms with Crippen LogP contribution in [0.1, 0.15) is 10.4 Å². The summed E-state index contributed by atoms with van der Waals surface area (Å²) in [6.45, 7) is -0.119. The number of amides is 1. The molecule has 17 heavy (non-hydrogen) atoms. The average molecular weight is 259 g/mol. The van der Waals surface area contributed by atoms with Crippen molar-refractivity contribution in [1.29, 1.82) is 0 Å². The van der Waals surface area contributed by atoms with E-state index in [0.717, 1.165) is 0 Å². The number of carbonyl (C=O) groups is 1. The number of thiol groups is 1. The average Bonchev–Trinajstić information content (AvgIpc) is 2.31. The molecule has 0 aliphatic carbocycles.